The molecule has 2 aromatic rings. The molecule has 6 nitrogen and oxygen atoms in total. The predicted molar refractivity (Wildman–Crippen MR) is 102 cm³/mol. The number of hydrogen-bond donors (Lipinski definition) is 2. The molecular formula is C19H27N5O. The fourth-order valence-electron chi connectivity index (χ4n) is 2.76. The van der Waals surface area contributed by atoms with Crippen LogP contribution in [-0.4, -0.2) is 60.8 Å². The molecule has 25 heavy (non-hydrogen) atoms. The Balaban J connectivity index is 1.68. The van der Waals surface area contributed by atoms with E-state index in [0.717, 1.165) is 75.4 Å². The van der Waals surface area contributed by atoms with Crippen molar-refractivity contribution in [2.45, 2.75) is 13.3 Å². The molecule has 0 atom stereocenters. The van der Waals surface area contributed by atoms with Gasteiger partial charge in [0.05, 0.1) is 13.2 Å². The van der Waals surface area contributed by atoms with Gasteiger partial charge in [-0.05, 0) is 6.42 Å². The second-order valence-corrected chi connectivity index (χ2v) is 6.14. The molecule has 6 heteroatoms. The molecule has 0 saturated carbocycles. The number of hydrogen-bond acceptors (Lipinski definition) is 6. The number of rotatable bonds is 8. The standard InChI is InChI=1S/C19H27N5O/c1-2-8-20-17-15-18(21-9-10-24-11-13-25-14-12-24)23-19(22-17)16-6-4-3-5-7-16/h3-7,15H,2,8-14H2,1H3,(H2,20,21,22,23). The Morgan fingerprint density at radius 2 is 1.68 bits per heavy atom. The average Bonchev–Trinajstić information content (AvgIpc) is 2.68. The molecule has 1 aliphatic rings. The minimum Gasteiger partial charge on any atom is -0.379 e. The molecule has 3 rings (SSSR count). The molecule has 0 radical (unpaired) electrons. The van der Waals surface area contributed by atoms with Crippen LogP contribution < -0.4 is 10.6 Å². The topological polar surface area (TPSA) is 62.3 Å². The molecule has 0 spiro atoms. The maximum absolute atomic E-state index is 5.39. The summed E-state index contributed by atoms with van der Waals surface area (Å²) in [6.07, 6.45) is 1.06. The Labute approximate surface area is 149 Å². The largest absolute Gasteiger partial charge is 0.379 e. The maximum Gasteiger partial charge on any atom is 0.163 e. The Morgan fingerprint density at radius 3 is 2.36 bits per heavy atom. The van der Waals surface area contributed by atoms with Crippen LogP contribution in [0.1, 0.15) is 13.3 Å². The SMILES string of the molecule is CCCNc1cc(NCCN2CCOCC2)nc(-c2ccccc2)n1. The summed E-state index contributed by atoms with van der Waals surface area (Å²) in [6.45, 7) is 8.57. The van der Waals surface area contributed by atoms with Crippen molar-refractivity contribution in [2.24, 2.45) is 0 Å². The molecule has 1 saturated heterocycles. The summed E-state index contributed by atoms with van der Waals surface area (Å²) in [5.41, 5.74) is 1.03. The summed E-state index contributed by atoms with van der Waals surface area (Å²) in [7, 11) is 0. The van der Waals surface area contributed by atoms with Gasteiger partial charge in [-0.15, -0.1) is 0 Å². The second-order valence-electron chi connectivity index (χ2n) is 6.14. The Morgan fingerprint density at radius 1 is 1.00 bits per heavy atom. The van der Waals surface area contributed by atoms with Crippen molar-refractivity contribution in [1.29, 1.82) is 0 Å². The monoisotopic (exact) mass is 341 g/mol. The van der Waals surface area contributed by atoms with Crippen molar-refractivity contribution >= 4 is 11.6 Å². The lowest BCUT2D eigenvalue weighted by Gasteiger charge is -2.26. The van der Waals surface area contributed by atoms with Crippen molar-refractivity contribution < 1.29 is 4.74 Å². The van der Waals surface area contributed by atoms with E-state index in [1.807, 2.05) is 36.4 Å². The van der Waals surface area contributed by atoms with Crippen LogP contribution in [0.4, 0.5) is 11.6 Å². The van der Waals surface area contributed by atoms with Crippen LogP contribution in [0.15, 0.2) is 36.4 Å². The molecule has 1 aliphatic heterocycles. The molecule has 1 aromatic heterocycles. The highest BCUT2D eigenvalue weighted by atomic mass is 16.5. The van der Waals surface area contributed by atoms with E-state index in [9.17, 15) is 0 Å². The summed E-state index contributed by atoms with van der Waals surface area (Å²) in [5.74, 6) is 2.47. The van der Waals surface area contributed by atoms with Gasteiger partial charge in [-0.3, -0.25) is 4.90 Å². The van der Waals surface area contributed by atoms with Gasteiger partial charge in [0.1, 0.15) is 11.6 Å². The van der Waals surface area contributed by atoms with Crippen LogP contribution >= 0.6 is 0 Å². The average molecular weight is 341 g/mol. The van der Waals surface area contributed by atoms with Crippen LogP contribution in [0.5, 0.6) is 0 Å². The molecular weight excluding hydrogens is 314 g/mol. The first-order valence-electron chi connectivity index (χ1n) is 9.07. The highest BCUT2D eigenvalue weighted by molar-refractivity contribution is 5.61. The summed E-state index contributed by atoms with van der Waals surface area (Å²) in [6, 6.07) is 12.1. The van der Waals surface area contributed by atoms with Gasteiger partial charge in [0.2, 0.25) is 0 Å². The van der Waals surface area contributed by atoms with Crippen LogP contribution in [0.25, 0.3) is 11.4 Å². The third-order valence-corrected chi connectivity index (χ3v) is 4.15. The highest BCUT2D eigenvalue weighted by Gasteiger charge is 2.10. The van der Waals surface area contributed by atoms with E-state index >= 15 is 0 Å². The number of morpholine rings is 1. The Hall–Kier alpha value is -2.18. The van der Waals surface area contributed by atoms with E-state index in [2.05, 4.69) is 32.4 Å². The number of benzene rings is 1. The molecule has 1 fully saturated rings. The van der Waals surface area contributed by atoms with Crippen LogP contribution in [0.3, 0.4) is 0 Å². The molecule has 0 aliphatic carbocycles. The molecule has 0 unspecified atom stereocenters. The lowest BCUT2D eigenvalue weighted by Crippen LogP contribution is -2.39. The predicted octanol–water partition coefficient (Wildman–Crippen LogP) is 2.71. The van der Waals surface area contributed by atoms with Gasteiger partial charge < -0.3 is 15.4 Å². The van der Waals surface area contributed by atoms with Gasteiger partial charge in [-0.1, -0.05) is 37.3 Å². The van der Waals surface area contributed by atoms with E-state index < -0.39 is 0 Å². The molecule has 1 aromatic carbocycles. The van der Waals surface area contributed by atoms with Gasteiger partial charge in [0, 0.05) is 44.4 Å². The first-order chi connectivity index (χ1) is 12.3. The van der Waals surface area contributed by atoms with E-state index in [1.54, 1.807) is 0 Å². The third kappa shape index (κ3) is 5.41. The fraction of sp³-hybridized carbons (Fsp3) is 0.474. The van der Waals surface area contributed by atoms with Crippen LogP contribution in [0.2, 0.25) is 0 Å². The number of nitrogens with zero attached hydrogens (tertiary/aromatic N) is 3. The molecule has 2 heterocycles. The number of ether oxygens (including phenoxy) is 1. The van der Waals surface area contributed by atoms with Gasteiger partial charge in [-0.2, -0.15) is 0 Å². The lowest BCUT2D eigenvalue weighted by molar-refractivity contribution is 0.0398. The lowest BCUT2D eigenvalue weighted by atomic mass is 10.2. The van der Waals surface area contributed by atoms with Crippen molar-refractivity contribution in [3.63, 3.8) is 0 Å². The Bertz CT molecular complexity index is 644. The number of nitrogens with one attached hydrogen (secondary N) is 2. The Kier molecular flexibility index (Phi) is 6.59. The summed E-state index contributed by atoms with van der Waals surface area (Å²) in [4.78, 5) is 11.7. The molecule has 0 amide bonds. The van der Waals surface area contributed by atoms with E-state index in [4.69, 9.17) is 4.74 Å². The summed E-state index contributed by atoms with van der Waals surface area (Å²) >= 11 is 0. The van der Waals surface area contributed by atoms with Crippen LogP contribution in [0, 0.1) is 0 Å². The van der Waals surface area contributed by atoms with E-state index in [1.165, 1.54) is 0 Å². The number of aromatic nitrogens is 2. The van der Waals surface area contributed by atoms with Gasteiger partial charge in [0.15, 0.2) is 5.82 Å². The van der Waals surface area contributed by atoms with Gasteiger partial charge in [-0.25, -0.2) is 9.97 Å². The molecule has 2 N–H and O–H groups in total. The first-order valence-corrected chi connectivity index (χ1v) is 9.07. The zero-order valence-corrected chi connectivity index (χ0v) is 14.9. The van der Waals surface area contributed by atoms with Gasteiger partial charge >= 0.3 is 0 Å². The van der Waals surface area contributed by atoms with Crippen LogP contribution in [-0.2, 0) is 4.74 Å². The molecule has 134 valence electrons. The fourth-order valence-corrected chi connectivity index (χ4v) is 2.76. The normalized spacial score (nSPS) is 15.1. The van der Waals surface area contributed by atoms with E-state index in [-0.39, 0.29) is 0 Å². The molecule has 0 bridgehead atoms. The van der Waals surface area contributed by atoms with Gasteiger partial charge in [0.25, 0.3) is 0 Å². The van der Waals surface area contributed by atoms with Crippen molar-refractivity contribution in [1.82, 2.24) is 14.9 Å². The first kappa shape index (κ1) is 17.6. The highest BCUT2D eigenvalue weighted by Crippen LogP contribution is 2.20. The quantitative estimate of drug-likeness (QED) is 0.770. The summed E-state index contributed by atoms with van der Waals surface area (Å²) in [5, 5.41) is 6.81. The smallest absolute Gasteiger partial charge is 0.163 e. The van der Waals surface area contributed by atoms with Crippen molar-refractivity contribution in [2.75, 3.05) is 56.6 Å². The minimum absolute atomic E-state index is 0.746. The third-order valence-electron chi connectivity index (χ3n) is 4.15. The maximum atomic E-state index is 5.39. The van der Waals surface area contributed by atoms with E-state index in [0.29, 0.717) is 0 Å². The minimum atomic E-state index is 0.746. The van der Waals surface area contributed by atoms with Crippen molar-refractivity contribution in [3.05, 3.63) is 36.4 Å². The zero-order valence-electron chi connectivity index (χ0n) is 14.9. The summed E-state index contributed by atoms with van der Waals surface area (Å²) < 4.78 is 5.39. The number of anilines is 2. The zero-order chi connectivity index (χ0) is 17.3. The second kappa shape index (κ2) is 9.34. The van der Waals surface area contributed by atoms with Crippen molar-refractivity contribution in [3.8, 4) is 11.4 Å².